The van der Waals surface area contributed by atoms with Gasteiger partial charge in [0, 0.05) is 23.6 Å². The molecule has 0 spiro atoms. The Kier molecular flexibility index (Phi) is 9.44. The lowest BCUT2D eigenvalue weighted by Crippen LogP contribution is -2.53. The second kappa shape index (κ2) is 14.0. The number of ether oxygens (including phenoxy) is 1. The molecular weight excluding hydrogens is 810 g/mol. The van der Waals surface area contributed by atoms with Gasteiger partial charge in [0.05, 0.1) is 46.0 Å². The zero-order valence-electron chi connectivity index (χ0n) is 29.9. The first-order valence-corrected chi connectivity index (χ1v) is 18.8. The summed E-state index contributed by atoms with van der Waals surface area (Å²) in [6.07, 6.45) is -3.15. The molecule has 1 saturated carbocycles. The van der Waals surface area contributed by atoms with Crippen LogP contribution in [-0.2, 0) is 30.8 Å². The lowest BCUT2D eigenvalue weighted by atomic mass is 9.49. The summed E-state index contributed by atoms with van der Waals surface area (Å²) in [4.78, 5) is 62.7. The Morgan fingerprint density at radius 1 is 0.912 bits per heavy atom. The second-order valence-electron chi connectivity index (χ2n) is 14.3. The van der Waals surface area contributed by atoms with Crippen LogP contribution in [0.5, 0.6) is 11.5 Å². The highest BCUT2D eigenvalue weighted by atomic mass is 35.5. The second-order valence-corrected chi connectivity index (χ2v) is 15.5. The van der Waals surface area contributed by atoms with Crippen LogP contribution < -0.4 is 15.2 Å². The molecule has 3 aromatic carbocycles. The first-order chi connectivity index (χ1) is 27.1. The van der Waals surface area contributed by atoms with E-state index < -0.39 is 76.3 Å². The molecule has 3 fully saturated rings. The van der Waals surface area contributed by atoms with Crippen LogP contribution >= 0.6 is 34.8 Å². The summed E-state index contributed by atoms with van der Waals surface area (Å²) in [7, 11) is 2.71. The Balaban J connectivity index is 1.28. The number of imide groups is 2. The highest BCUT2D eigenvalue weighted by Gasteiger charge is 2.71. The van der Waals surface area contributed by atoms with Crippen molar-refractivity contribution in [2.24, 2.45) is 23.7 Å². The number of anilines is 2. The van der Waals surface area contributed by atoms with E-state index in [2.05, 4.69) is 10.4 Å². The number of alkyl halides is 3. The minimum absolute atomic E-state index is 0.00705. The molecule has 6 atom stereocenters. The molecule has 4 amide bonds. The van der Waals surface area contributed by atoms with Crippen molar-refractivity contribution in [2.45, 2.75) is 30.4 Å². The van der Waals surface area contributed by atoms with Crippen molar-refractivity contribution in [2.75, 3.05) is 24.6 Å². The number of carbonyl (C=O) groups excluding carboxylic acids is 4. The minimum Gasteiger partial charge on any atom is -0.508 e. The van der Waals surface area contributed by atoms with Gasteiger partial charge in [0.2, 0.25) is 0 Å². The average molecular weight is 841 g/mol. The summed E-state index contributed by atoms with van der Waals surface area (Å²) in [5.41, 5.74) is 1.38. The highest BCUT2D eigenvalue weighted by Crippen LogP contribution is 2.65. The molecule has 2 N–H and O–H groups in total. The van der Waals surface area contributed by atoms with Gasteiger partial charge in [-0.2, -0.15) is 23.2 Å². The van der Waals surface area contributed by atoms with Crippen LogP contribution in [0.1, 0.15) is 35.6 Å². The number of amides is 4. The number of nitrogens with zero attached hydrogens (tertiary/aromatic N) is 4. The van der Waals surface area contributed by atoms with Crippen molar-refractivity contribution in [1.29, 1.82) is 0 Å². The number of phenolic OH excluding ortho intramolecular Hbond substituents is 1. The van der Waals surface area contributed by atoms with Crippen LogP contribution in [0.25, 0.3) is 0 Å². The number of pyridine rings is 1. The van der Waals surface area contributed by atoms with Crippen LogP contribution in [0, 0.1) is 23.7 Å². The largest absolute Gasteiger partial charge is 0.508 e. The van der Waals surface area contributed by atoms with E-state index in [1.54, 1.807) is 48.5 Å². The van der Waals surface area contributed by atoms with Crippen LogP contribution in [-0.4, -0.2) is 57.9 Å². The molecule has 3 heterocycles. The number of hydrazine groups is 2. The third kappa shape index (κ3) is 5.90. The van der Waals surface area contributed by atoms with Crippen molar-refractivity contribution in [3.05, 3.63) is 122 Å². The predicted molar refractivity (Wildman–Crippen MR) is 203 cm³/mol. The number of benzene rings is 3. The number of para-hydroxylation sites is 1. The average Bonchev–Trinajstić information content (AvgIpc) is 3.56. The molecule has 57 heavy (non-hydrogen) atoms. The number of rotatable bonds is 7. The van der Waals surface area contributed by atoms with Gasteiger partial charge in [0.1, 0.15) is 17.2 Å². The van der Waals surface area contributed by atoms with Crippen molar-refractivity contribution < 1.29 is 42.2 Å². The molecule has 294 valence electrons. The van der Waals surface area contributed by atoms with E-state index in [0.717, 1.165) is 21.1 Å². The van der Waals surface area contributed by atoms with Crippen LogP contribution in [0.4, 0.5) is 24.7 Å². The standard InChI is InChI=1S/C40H31Cl3F3N5O6/c1-49(34-27(42)14-16-31(47-34)40(44,45)46)51-35(53)24-13-12-22-25(32(24)37(51)55)18-26-36(54)50(48-29-15-9-20(41)17-28(29)43)38(56)39(26,19-7-10-21(57-2)11-8-19)33(22)23-5-3-4-6-30(23)52/h3-12,14-17,24-26,32-33,48,52H,13,18H2,1-2H3/t24-,25+,26-,32-,33+,39+/m0/s1. The number of aromatic nitrogens is 1. The summed E-state index contributed by atoms with van der Waals surface area (Å²) >= 11 is 18.9. The van der Waals surface area contributed by atoms with Gasteiger partial charge >= 0.3 is 6.18 Å². The Morgan fingerprint density at radius 3 is 2.30 bits per heavy atom. The molecule has 1 aromatic heterocycles. The van der Waals surface area contributed by atoms with Gasteiger partial charge in [0.25, 0.3) is 23.6 Å². The van der Waals surface area contributed by atoms with Crippen LogP contribution in [0.2, 0.25) is 15.1 Å². The van der Waals surface area contributed by atoms with E-state index in [1.807, 2.05) is 0 Å². The summed E-state index contributed by atoms with van der Waals surface area (Å²) in [6.45, 7) is 0. The van der Waals surface area contributed by atoms with Gasteiger partial charge in [0.15, 0.2) is 5.82 Å². The fourth-order valence-corrected chi connectivity index (χ4v) is 9.79. The van der Waals surface area contributed by atoms with Crippen molar-refractivity contribution in [1.82, 2.24) is 15.0 Å². The predicted octanol–water partition coefficient (Wildman–Crippen LogP) is 7.81. The number of phenols is 1. The number of hydrogen-bond acceptors (Lipinski definition) is 9. The fraction of sp³-hybridized carbons (Fsp3) is 0.275. The van der Waals surface area contributed by atoms with Crippen molar-refractivity contribution >= 4 is 69.9 Å². The molecule has 0 bridgehead atoms. The number of allylic oxidation sites excluding steroid dienone is 2. The molecule has 4 aromatic rings. The summed E-state index contributed by atoms with van der Waals surface area (Å²) in [6, 6.07) is 19.2. The van der Waals surface area contributed by atoms with E-state index in [9.17, 15) is 32.7 Å². The third-order valence-electron chi connectivity index (χ3n) is 11.5. The molecule has 11 nitrogen and oxygen atoms in total. The van der Waals surface area contributed by atoms with E-state index in [-0.39, 0.29) is 34.3 Å². The maximum atomic E-state index is 15.3. The SMILES string of the molecule is COc1ccc([C@@]23C(=O)N(Nc4ccc(Cl)cc4Cl)C(=O)[C@@H]2C[C@@H]2C(=CC[C@@H]4C(=O)N(N(C)c5nc(C(F)(F)F)ccc5Cl)C(=O)[C@@H]42)[C@@H]3c2ccccc2O)cc1. The molecule has 2 aliphatic heterocycles. The van der Waals surface area contributed by atoms with E-state index in [4.69, 9.17) is 39.5 Å². The van der Waals surface area contributed by atoms with E-state index >= 15 is 4.79 Å². The number of methoxy groups -OCH3 is 1. The van der Waals surface area contributed by atoms with Gasteiger partial charge in [-0.25, -0.2) is 4.98 Å². The normalized spacial score (nSPS) is 25.5. The van der Waals surface area contributed by atoms with Gasteiger partial charge in [-0.05, 0) is 72.9 Å². The van der Waals surface area contributed by atoms with Crippen molar-refractivity contribution in [3.63, 3.8) is 0 Å². The Bertz CT molecular complexity index is 2400. The molecule has 17 heteroatoms. The third-order valence-corrected chi connectivity index (χ3v) is 12.4. The minimum atomic E-state index is -4.84. The molecule has 2 saturated heterocycles. The van der Waals surface area contributed by atoms with Crippen molar-refractivity contribution in [3.8, 4) is 11.5 Å². The Hall–Kier alpha value is -5.31. The number of halogens is 6. The molecule has 2 aliphatic carbocycles. The smallest absolute Gasteiger partial charge is 0.433 e. The zero-order valence-corrected chi connectivity index (χ0v) is 32.2. The zero-order chi connectivity index (χ0) is 40.7. The van der Waals surface area contributed by atoms with E-state index in [1.165, 1.54) is 38.4 Å². The maximum Gasteiger partial charge on any atom is 0.433 e. The molecule has 8 rings (SSSR count). The van der Waals surface area contributed by atoms with Gasteiger partial charge in [-0.15, -0.1) is 0 Å². The quantitative estimate of drug-likeness (QED) is 0.141. The lowest BCUT2D eigenvalue weighted by molar-refractivity contribution is -0.142. The van der Waals surface area contributed by atoms with Crippen LogP contribution in [0.3, 0.4) is 0 Å². The van der Waals surface area contributed by atoms with Crippen LogP contribution in [0.15, 0.2) is 90.5 Å². The number of hydrogen-bond donors (Lipinski definition) is 2. The number of carbonyl (C=O) groups is 4. The summed E-state index contributed by atoms with van der Waals surface area (Å²) < 4.78 is 46.5. The molecule has 4 aliphatic rings. The number of nitrogens with one attached hydrogen (secondary N) is 1. The summed E-state index contributed by atoms with van der Waals surface area (Å²) in [5.74, 6) is -8.10. The maximum absolute atomic E-state index is 15.3. The fourth-order valence-electron chi connectivity index (χ4n) is 9.11. The molecule has 0 radical (unpaired) electrons. The number of fused-ring (bicyclic) bond motifs is 4. The topological polar surface area (TPSA) is 132 Å². The Labute approximate surface area is 338 Å². The van der Waals surface area contributed by atoms with Gasteiger partial charge in [-0.3, -0.25) is 29.6 Å². The Morgan fingerprint density at radius 2 is 1.63 bits per heavy atom. The lowest BCUT2D eigenvalue weighted by Gasteiger charge is -2.50. The first kappa shape index (κ1) is 38.6. The monoisotopic (exact) mass is 839 g/mol. The van der Waals surface area contributed by atoms with E-state index in [0.29, 0.717) is 33.5 Å². The first-order valence-electron chi connectivity index (χ1n) is 17.7. The molecule has 0 unspecified atom stereocenters. The van der Waals surface area contributed by atoms with Gasteiger partial charge < -0.3 is 9.84 Å². The molecular formula is C40H31Cl3F3N5O6. The highest BCUT2D eigenvalue weighted by molar-refractivity contribution is 6.36. The number of aromatic hydroxyl groups is 1. The van der Waals surface area contributed by atoms with Gasteiger partial charge in [-0.1, -0.05) is 76.8 Å². The summed E-state index contributed by atoms with van der Waals surface area (Å²) in [5, 5.41) is 14.3.